The van der Waals surface area contributed by atoms with Crippen molar-refractivity contribution >= 4 is 29.8 Å². The summed E-state index contributed by atoms with van der Waals surface area (Å²) in [6, 6.07) is 26.7. The van der Waals surface area contributed by atoms with Gasteiger partial charge in [0.2, 0.25) is 6.04 Å². The molecule has 0 saturated carbocycles. The van der Waals surface area contributed by atoms with Gasteiger partial charge in [0.1, 0.15) is 5.76 Å². The van der Waals surface area contributed by atoms with Crippen LogP contribution in [0.4, 0.5) is 0 Å². The first-order valence-corrected chi connectivity index (χ1v) is 12.4. The molecule has 1 aliphatic rings. The van der Waals surface area contributed by atoms with Gasteiger partial charge in [0.15, 0.2) is 0 Å². The zero-order chi connectivity index (χ0) is 24.3. The van der Waals surface area contributed by atoms with Gasteiger partial charge in [-0.25, -0.2) is 4.79 Å². The number of ether oxygens (including phenoxy) is 1. The Morgan fingerprint density at radius 1 is 0.853 bits per heavy atom. The van der Waals surface area contributed by atoms with E-state index in [1.807, 2.05) is 68.4 Å². The maximum atomic E-state index is 13.2. The summed E-state index contributed by atoms with van der Waals surface area (Å²) in [4.78, 5) is 23.8. The Hall–Kier alpha value is -3.82. The van der Waals surface area contributed by atoms with Crippen molar-refractivity contribution in [3.05, 3.63) is 137 Å². The van der Waals surface area contributed by atoms with E-state index in [1.165, 1.54) is 24.3 Å². The van der Waals surface area contributed by atoms with Crippen molar-refractivity contribution in [1.82, 2.24) is 0 Å². The number of nitro groups is 1. The lowest BCUT2D eigenvalue weighted by molar-refractivity contribution is -0.496. The van der Waals surface area contributed by atoms with Gasteiger partial charge >= 0.3 is 5.97 Å². The van der Waals surface area contributed by atoms with E-state index in [0.29, 0.717) is 5.56 Å². The van der Waals surface area contributed by atoms with Crippen molar-refractivity contribution in [1.29, 1.82) is 0 Å². The molecule has 0 N–H and O–H groups in total. The Kier molecular flexibility index (Phi) is 9.07. The molecular weight excluding hydrogens is 445 g/mol. The zero-order valence-corrected chi connectivity index (χ0v) is 20.0. The summed E-state index contributed by atoms with van der Waals surface area (Å²) in [6.07, 6.45) is 7.39. The monoisotopic (exact) mass is 471 g/mol. The topological polar surface area (TPSA) is 69.4 Å². The average molecular weight is 471 g/mol. The van der Waals surface area contributed by atoms with Crippen LogP contribution in [0.2, 0.25) is 0 Å². The Morgan fingerprint density at radius 3 is 2.00 bits per heavy atom. The first kappa shape index (κ1) is 24.8. The van der Waals surface area contributed by atoms with Crippen LogP contribution in [0.5, 0.6) is 0 Å². The Bertz CT molecular complexity index is 1160. The van der Waals surface area contributed by atoms with Crippen LogP contribution < -0.4 is 15.9 Å². The SMILES string of the molecule is CC.O=C(OC1=CC=CC([N+](=O)[O-])C=C1)c1ccccc1P(c1ccccc1)c1ccccc1. The molecule has 0 radical (unpaired) electrons. The molecule has 0 saturated heterocycles. The molecule has 3 aromatic rings. The van der Waals surface area contributed by atoms with Crippen molar-refractivity contribution in [3.63, 3.8) is 0 Å². The number of carbonyl (C=O) groups excluding carboxylic acids is 1. The fraction of sp³-hybridized carbons (Fsp3) is 0.107. The van der Waals surface area contributed by atoms with E-state index < -0.39 is 24.9 Å². The highest BCUT2D eigenvalue weighted by atomic mass is 31.1. The van der Waals surface area contributed by atoms with Crippen LogP contribution in [0.15, 0.2) is 121 Å². The minimum absolute atomic E-state index is 0.258. The summed E-state index contributed by atoms with van der Waals surface area (Å²) in [6.45, 7) is 4.00. The summed E-state index contributed by atoms with van der Waals surface area (Å²) < 4.78 is 5.62. The number of rotatable bonds is 6. The minimum atomic E-state index is -0.985. The van der Waals surface area contributed by atoms with Crippen LogP contribution in [0, 0.1) is 10.1 Å². The number of esters is 1. The van der Waals surface area contributed by atoms with E-state index in [-0.39, 0.29) is 5.76 Å². The van der Waals surface area contributed by atoms with E-state index in [9.17, 15) is 14.9 Å². The van der Waals surface area contributed by atoms with Gasteiger partial charge in [-0.15, -0.1) is 0 Å². The molecule has 0 fully saturated rings. The summed E-state index contributed by atoms with van der Waals surface area (Å²) in [5.74, 6) is -0.238. The van der Waals surface area contributed by atoms with E-state index in [1.54, 1.807) is 12.1 Å². The molecule has 34 heavy (non-hydrogen) atoms. The third-order valence-corrected chi connectivity index (χ3v) is 7.37. The molecule has 172 valence electrons. The molecule has 1 atom stereocenters. The van der Waals surface area contributed by atoms with Crippen molar-refractivity contribution in [3.8, 4) is 0 Å². The summed E-state index contributed by atoms with van der Waals surface area (Å²) in [5, 5.41) is 14.2. The van der Waals surface area contributed by atoms with Gasteiger partial charge in [-0.2, -0.15) is 0 Å². The molecule has 0 amide bonds. The number of hydrogen-bond acceptors (Lipinski definition) is 4. The van der Waals surface area contributed by atoms with E-state index in [2.05, 4.69) is 24.3 Å². The molecule has 5 nitrogen and oxygen atoms in total. The minimum Gasteiger partial charge on any atom is -0.423 e. The number of hydrogen-bond donors (Lipinski definition) is 0. The third-order valence-electron chi connectivity index (χ3n) is 4.87. The number of carbonyl (C=O) groups is 1. The van der Waals surface area contributed by atoms with Crippen LogP contribution in [-0.2, 0) is 4.74 Å². The largest absolute Gasteiger partial charge is 0.423 e. The predicted octanol–water partition coefficient (Wildman–Crippen LogP) is 5.28. The quantitative estimate of drug-likeness (QED) is 0.212. The van der Waals surface area contributed by atoms with Gasteiger partial charge in [-0.05, 0) is 54.2 Å². The van der Waals surface area contributed by atoms with Crippen molar-refractivity contribution in [2.24, 2.45) is 0 Å². The van der Waals surface area contributed by atoms with Crippen molar-refractivity contribution in [2.75, 3.05) is 0 Å². The van der Waals surface area contributed by atoms with Gasteiger partial charge in [0.05, 0.1) is 5.56 Å². The van der Waals surface area contributed by atoms with Gasteiger partial charge in [-0.3, -0.25) is 10.1 Å². The predicted molar refractivity (Wildman–Crippen MR) is 139 cm³/mol. The summed E-state index contributed by atoms with van der Waals surface area (Å²) in [5.41, 5.74) is 0.472. The molecule has 3 aromatic carbocycles. The Labute approximate surface area is 201 Å². The standard InChI is InChI=1S/C26H20NO4P.C2H6/c28-26(31-21-11-9-10-20(18-19-21)27(29)30)24-16-7-8-17-25(24)32(22-12-3-1-4-13-22)23-14-5-2-6-15-23;1-2/h1-20H;1-2H3. The lowest BCUT2D eigenvalue weighted by Crippen LogP contribution is -2.25. The van der Waals surface area contributed by atoms with Crippen molar-refractivity contribution in [2.45, 2.75) is 19.9 Å². The molecule has 4 rings (SSSR count). The Balaban J connectivity index is 0.00000158. The molecular formula is C28H26NO4P. The normalized spacial score (nSPS) is 14.4. The molecule has 0 heterocycles. The maximum absolute atomic E-state index is 13.2. The number of benzene rings is 3. The van der Waals surface area contributed by atoms with Crippen LogP contribution in [-0.4, -0.2) is 16.9 Å². The van der Waals surface area contributed by atoms with Crippen LogP contribution in [0.1, 0.15) is 24.2 Å². The highest BCUT2D eigenvalue weighted by molar-refractivity contribution is 7.80. The van der Waals surface area contributed by atoms with Gasteiger partial charge < -0.3 is 4.74 Å². The fourth-order valence-electron chi connectivity index (χ4n) is 3.37. The van der Waals surface area contributed by atoms with Crippen LogP contribution in [0.3, 0.4) is 0 Å². The second-order valence-electron chi connectivity index (χ2n) is 7.00. The molecule has 0 bridgehead atoms. The highest BCUT2D eigenvalue weighted by Crippen LogP contribution is 2.34. The summed E-state index contributed by atoms with van der Waals surface area (Å²) in [7, 11) is -0.985. The fourth-order valence-corrected chi connectivity index (χ4v) is 5.81. The number of nitrogens with zero attached hydrogens (tertiary/aromatic N) is 1. The van der Waals surface area contributed by atoms with E-state index >= 15 is 0 Å². The molecule has 1 aliphatic carbocycles. The lowest BCUT2D eigenvalue weighted by Gasteiger charge is -2.21. The van der Waals surface area contributed by atoms with Crippen LogP contribution >= 0.6 is 7.92 Å². The molecule has 6 heteroatoms. The van der Waals surface area contributed by atoms with Gasteiger partial charge in [0.25, 0.3) is 0 Å². The average Bonchev–Trinajstić information content (AvgIpc) is 3.13. The van der Waals surface area contributed by atoms with E-state index in [0.717, 1.165) is 15.9 Å². The second kappa shape index (κ2) is 12.4. The van der Waals surface area contributed by atoms with E-state index in [4.69, 9.17) is 4.74 Å². The number of allylic oxidation sites excluding steroid dienone is 3. The van der Waals surface area contributed by atoms with Crippen molar-refractivity contribution < 1.29 is 14.5 Å². The molecule has 1 unspecified atom stereocenters. The molecule has 0 aliphatic heterocycles. The second-order valence-corrected chi connectivity index (χ2v) is 9.19. The maximum Gasteiger partial charge on any atom is 0.344 e. The zero-order valence-electron chi connectivity index (χ0n) is 19.1. The first-order chi connectivity index (χ1) is 16.6. The smallest absolute Gasteiger partial charge is 0.344 e. The summed E-state index contributed by atoms with van der Waals surface area (Å²) >= 11 is 0. The van der Waals surface area contributed by atoms with Gasteiger partial charge in [0, 0.05) is 4.92 Å². The molecule has 0 aromatic heterocycles. The third kappa shape index (κ3) is 6.15. The first-order valence-electron chi connectivity index (χ1n) is 11.0. The lowest BCUT2D eigenvalue weighted by atomic mass is 10.2. The van der Waals surface area contributed by atoms with Crippen LogP contribution in [0.25, 0.3) is 0 Å². The highest BCUT2D eigenvalue weighted by Gasteiger charge is 2.23. The molecule has 0 spiro atoms. The Morgan fingerprint density at radius 2 is 1.41 bits per heavy atom. The van der Waals surface area contributed by atoms with Gasteiger partial charge in [-0.1, -0.05) is 98.8 Å².